The van der Waals surface area contributed by atoms with E-state index in [0.717, 1.165) is 0 Å². The van der Waals surface area contributed by atoms with Crippen LogP contribution in [0.5, 0.6) is 0 Å². The second-order valence-electron chi connectivity index (χ2n) is 6.15. The number of benzene rings is 1. The van der Waals surface area contributed by atoms with Crippen LogP contribution in [0.4, 0.5) is 10.8 Å². The quantitative estimate of drug-likeness (QED) is 0.392. The molecular formula is C18H22N4O3S2. The number of aromatic nitrogens is 2. The number of hydrogen-bond donors (Lipinski definition) is 2. The highest BCUT2D eigenvalue weighted by molar-refractivity contribution is 8.02. The molecule has 1 heterocycles. The topological polar surface area (TPSA) is 101 Å². The number of thioether (sulfide) groups is 1. The van der Waals surface area contributed by atoms with Crippen LogP contribution in [0.2, 0.25) is 0 Å². The number of hydrogen-bond acceptors (Lipinski definition) is 7. The van der Waals surface area contributed by atoms with Crippen LogP contribution in [-0.2, 0) is 9.59 Å². The lowest BCUT2D eigenvalue weighted by atomic mass is 10.1. The third-order valence-electron chi connectivity index (χ3n) is 3.63. The predicted molar refractivity (Wildman–Crippen MR) is 108 cm³/mol. The molecule has 27 heavy (non-hydrogen) atoms. The smallest absolute Gasteiger partial charge is 0.237 e. The van der Waals surface area contributed by atoms with Gasteiger partial charge in [0.15, 0.2) is 10.1 Å². The Morgan fingerprint density at radius 3 is 2.30 bits per heavy atom. The summed E-state index contributed by atoms with van der Waals surface area (Å²) in [5, 5.41) is 13.6. The predicted octanol–water partition coefficient (Wildman–Crippen LogP) is 3.84. The highest BCUT2D eigenvalue weighted by Gasteiger charge is 2.21. The molecule has 2 rings (SSSR count). The van der Waals surface area contributed by atoms with Crippen LogP contribution in [-0.4, -0.2) is 33.0 Å². The zero-order chi connectivity index (χ0) is 20.0. The van der Waals surface area contributed by atoms with Crippen molar-refractivity contribution in [2.45, 2.75) is 43.7 Å². The highest BCUT2D eigenvalue weighted by Crippen LogP contribution is 2.31. The summed E-state index contributed by atoms with van der Waals surface area (Å²) < 4.78 is 0.614. The molecule has 1 unspecified atom stereocenters. The van der Waals surface area contributed by atoms with Gasteiger partial charge < -0.3 is 10.6 Å². The van der Waals surface area contributed by atoms with E-state index in [1.807, 2.05) is 6.92 Å². The van der Waals surface area contributed by atoms with Crippen molar-refractivity contribution in [2.24, 2.45) is 5.92 Å². The average Bonchev–Trinajstić information content (AvgIpc) is 3.06. The maximum absolute atomic E-state index is 12.5. The largest absolute Gasteiger partial charge is 0.325 e. The Morgan fingerprint density at radius 2 is 1.74 bits per heavy atom. The number of carbonyl (C=O) groups is 3. The van der Waals surface area contributed by atoms with Gasteiger partial charge in [-0.25, -0.2) is 0 Å². The Balaban J connectivity index is 1.97. The Hall–Kier alpha value is -2.26. The van der Waals surface area contributed by atoms with Gasteiger partial charge in [0.05, 0.1) is 5.25 Å². The molecule has 0 spiro atoms. The second kappa shape index (κ2) is 9.61. The summed E-state index contributed by atoms with van der Waals surface area (Å²) in [5.74, 6) is -0.442. The molecule has 1 aromatic heterocycles. The number of nitrogens with zero attached hydrogens (tertiary/aromatic N) is 2. The van der Waals surface area contributed by atoms with E-state index in [1.54, 1.807) is 38.1 Å². The second-order valence-corrected chi connectivity index (χ2v) is 8.58. The van der Waals surface area contributed by atoms with E-state index in [1.165, 1.54) is 30.0 Å². The molecule has 0 aliphatic heterocycles. The molecule has 2 N–H and O–H groups in total. The molecular weight excluding hydrogens is 384 g/mol. The van der Waals surface area contributed by atoms with Gasteiger partial charge in [-0.05, 0) is 37.6 Å². The van der Waals surface area contributed by atoms with Gasteiger partial charge in [-0.1, -0.05) is 43.9 Å². The molecule has 1 aromatic carbocycles. The molecule has 7 nitrogen and oxygen atoms in total. The van der Waals surface area contributed by atoms with Gasteiger partial charge in [-0.3, -0.25) is 14.4 Å². The van der Waals surface area contributed by atoms with Gasteiger partial charge in [-0.15, -0.1) is 10.2 Å². The minimum atomic E-state index is -0.348. The fraction of sp³-hybridized carbons (Fsp3) is 0.389. The molecule has 144 valence electrons. The van der Waals surface area contributed by atoms with Gasteiger partial charge in [0.25, 0.3) is 0 Å². The first-order valence-corrected chi connectivity index (χ1v) is 10.2. The van der Waals surface area contributed by atoms with E-state index in [4.69, 9.17) is 0 Å². The first-order chi connectivity index (χ1) is 12.8. The monoisotopic (exact) mass is 406 g/mol. The molecule has 0 saturated heterocycles. The lowest BCUT2D eigenvalue weighted by Gasteiger charge is -2.13. The average molecular weight is 407 g/mol. The number of amides is 2. The standard InChI is InChI=1S/C18H22N4O3S2/c1-5-14(16(25)19-13-8-6-12(7-9-13)11(4)23)26-18-22-21-17(27-18)20-15(24)10(2)3/h6-10,14H,5H2,1-4H3,(H,19,25)(H,20,21,24). The van der Waals surface area contributed by atoms with Crippen molar-refractivity contribution in [3.8, 4) is 0 Å². The number of ketones is 1. The minimum Gasteiger partial charge on any atom is -0.325 e. The van der Waals surface area contributed by atoms with Crippen LogP contribution in [0.3, 0.4) is 0 Å². The van der Waals surface area contributed by atoms with Gasteiger partial charge in [0.2, 0.25) is 16.9 Å². The lowest BCUT2D eigenvalue weighted by molar-refractivity contribution is -0.119. The van der Waals surface area contributed by atoms with Crippen molar-refractivity contribution in [3.63, 3.8) is 0 Å². The van der Waals surface area contributed by atoms with Crippen molar-refractivity contribution in [2.75, 3.05) is 10.6 Å². The molecule has 0 radical (unpaired) electrons. The molecule has 0 aliphatic carbocycles. The summed E-state index contributed by atoms with van der Waals surface area (Å²) in [6.45, 7) is 7.01. The fourth-order valence-electron chi connectivity index (χ4n) is 2.01. The number of Topliss-reactive ketones (excluding diaryl/α,β-unsaturated/α-hetero) is 1. The Morgan fingerprint density at radius 1 is 1.07 bits per heavy atom. The van der Waals surface area contributed by atoms with E-state index in [2.05, 4.69) is 20.8 Å². The Bertz CT molecular complexity index is 818. The molecule has 0 bridgehead atoms. The first kappa shape index (κ1) is 21.0. The normalized spacial score (nSPS) is 11.9. The fourth-order valence-corrected chi connectivity index (χ4v) is 3.93. The number of nitrogens with one attached hydrogen (secondary N) is 2. The van der Waals surface area contributed by atoms with Crippen LogP contribution < -0.4 is 10.6 Å². The lowest BCUT2D eigenvalue weighted by Crippen LogP contribution is -2.24. The SMILES string of the molecule is CCC(Sc1nnc(NC(=O)C(C)C)s1)C(=O)Nc1ccc(C(C)=O)cc1. The van der Waals surface area contributed by atoms with E-state index >= 15 is 0 Å². The van der Waals surface area contributed by atoms with Gasteiger partial charge in [0, 0.05) is 17.2 Å². The molecule has 2 aromatic rings. The first-order valence-electron chi connectivity index (χ1n) is 8.53. The van der Waals surface area contributed by atoms with E-state index in [0.29, 0.717) is 27.1 Å². The van der Waals surface area contributed by atoms with Gasteiger partial charge in [0.1, 0.15) is 0 Å². The summed E-state index contributed by atoms with van der Waals surface area (Å²) in [7, 11) is 0. The summed E-state index contributed by atoms with van der Waals surface area (Å²) in [5.41, 5.74) is 1.23. The van der Waals surface area contributed by atoms with E-state index in [9.17, 15) is 14.4 Å². The van der Waals surface area contributed by atoms with Gasteiger partial charge >= 0.3 is 0 Å². The molecule has 0 fully saturated rings. The highest BCUT2D eigenvalue weighted by atomic mass is 32.2. The zero-order valence-corrected chi connectivity index (χ0v) is 17.2. The molecule has 2 amide bonds. The third-order valence-corrected chi connectivity index (χ3v) is 5.91. The number of anilines is 2. The molecule has 0 aliphatic rings. The summed E-state index contributed by atoms with van der Waals surface area (Å²) >= 11 is 2.55. The van der Waals surface area contributed by atoms with Crippen LogP contribution in [0, 0.1) is 5.92 Å². The maximum Gasteiger partial charge on any atom is 0.237 e. The minimum absolute atomic E-state index is 0.0218. The van der Waals surface area contributed by atoms with Crippen molar-refractivity contribution >= 4 is 51.5 Å². The summed E-state index contributed by atoms with van der Waals surface area (Å²) in [6, 6.07) is 6.77. The van der Waals surface area contributed by atoms with Gasteiger partial charge in [-0.2, -0.15) is 0 Å². The molecule has 1 atom stereocenters. The van der Waals surface area contributed by atoms with Crippen LogP contribution in [0.25, 0.3) is 0 Å². The maximum atomic E-state index is 12.5. The van der Waals surface area contributed by atoms with Crippen molar-refractivity contribution < 1.29 is 14.4 Å². The van der Waals surface area contributed by atoms with E-state index < -0.39 is 0 Å². The van der Waals surface area contributed by atoms with Crippen molar-refractivity contribution in [1.29, 1.82) is 0 Å². The Labute approximate surface area is 166 Å². The third kappa shape index (κ3) is 6.14. The summed E-state index contributed by atoms with van der Waals surface area (Å²) in [6.07, 6.45) is 0.606. The summed E-state index contributed by atoms with van der Waals surface area (Å²) in [4.78, 5) is 35.6. The Kier molecular flexibility index (Phi) is 7.49. The van der Waals surface area contributed by atoms with Crippen LogP contribution in [0.1, 0.15) is 44.5 Å². The number of carbonyl (C=O) groups excluding carboxylic acids is 3. The zero-order valence-electron chi connectivity index (χ0n) is 15.6. The van der Waals surface area contributed by atoms with Crippen LogP contribution in [0.15, 0.2) is 28.6 Å². The van der Waals surface area contributed by atoms with Crippen molar-refractivity contribution in [3.05, 3.63) is 29.8 Å². The van der Waals surface area contributed by atoms with Crippen LogP contribution >= 0.6 is 23.1 Å². The number of rotatable bonds is 8. The molecule has 0 saturated carbocycles. The van der Waals surface area contributed by atoms with E-state index in [-0.39, 0.29) is 28.8 Å². The molecule has 9 heteroatoms. The van der Waals surface area contributed by atoms with Crippen molar-refractivity contribution in [1.82, 2.24) is 10.2 Å².